The first kappa shape index (κ1) is 12.5. The topological polar surface area (TPSA) is 101 Å². The van der Waals surface area contributed by atoms with Crippen LogP contribution in [0.5, 0.6) is 0 Å². The molecule has 0 radical (unpaired) electrons. The molecule has 2 amide bonds. The molecular weight excluding hydrogens is 212 g/mol. The molecule has 1 heterocycles. The van der Waals surface area contributed by atoms with Crippen molar-refractivity contribution >= 4 is 17.8 Å². The Kier molecular flexibility index (Phi) is 3.87. The predicted molar refractivity (Wildman–Crippen MR) is 55.3 cm³/mol. The number of rotatable bonds is 3. The van der Waals surface area contributed by atoms with Crippen LogP contribution in [0.3, 0.4) is 0 Å². The molecule has 1 rings (SSSR count). The van der Waals surface area contributed by atoms with Gasteiger partial charge in [0.25, 0.3) is 0 Å². The lowest BCUT2D eigenvalue weighted by atomic mass is 9.92. The number of carboxylic acids is 1. The van der Waals surface area contributed by atoms with Gasteiger partial charge in [0.2, 0.25) is 11.8 Å². The number of carbonyl (C=O) groups is 3. The number of carboxylic acid groups (broad SMARTS) is 1. The van der Waals surface area contributed by atoms with E-state index in [1.807, 2.05) is 6.92 Å². The van der Waals surface area contributed by atoms with Crippen LogP contribution in [-0.4, -0.2) is 40.4 Å². The Morgan fingerprint density at radius 3 is 2.50 bits per heavy atom. The Balaban J connectivity index is 2.65. The second-order valence-corrected chi connectivity index (χ2v) is 4.14. The number of nitrogens with zero attached hydrogens (tertiary/aromatic N) is 1. The highest BCUT2D eigenvalue weighted by Gasteiger charge is 2.32. The summed E-state index contributed by atoms with van der Waals surface area (Å²) in [5.74, 6) is -2.39. The van der Waals surface area contributed by atoms with Crippen LogP contribution < -0.4 is 5.73 Å². The first-order chi connectivity index (χ1) is 7.41. The highest BCUT2D eigenvalue weighted by Crippen LogP contribution is 2.22. The van der Waals surface area contributed by atoms with E-state index in [0.29, 0.717) is 12.8 Å². The van der Waals surface area contributed by atoms with Gasteiger partial charge in [0.15, 0.2) is 0 Å². The number of likely N-dealkylation sites (tertiary alicyclic amines) is 1. The number of primary amides is 1. The molecule has 0 saturated carbocycles. The molecule has 0 spiro atoms. The zero-order valence-electron chi connectivity index (χ0n) is 9.18. The van der Waals surface area contributed by atoms with Crippen LogP contribution in [0, 0.1) is 5.92 Å². The number of carbonyl (C=O) groups excluding carboxylic acids is 2. The molecule has 2 atom stereocenters. The van der Waals surface area contributed by atoms with Crippen LogP contribution >= 0.6 is 0 Å². The molecule has 6 heteroatoms. The summed E-state index contributed by atoms with van der Waals surface area (Å²) in [6.07, 6.45) is 0.808. The lowest BCUT2D eigenvalue weighted by Gasteiger charge is -2.36. The van der Waals surface area contributed by atoms with Crippen LogP contribution in [0.1, 0.15) is 26.2 Å². The third-order valence-electron chi connectivity index (χ3n) is 2.91. The van der Waals surface area contributed by atoms with Gasteiger partial charge in [-0.25, -0.2) is 0 Å². The van der Waals surface area contributed by atoms with E-state index < -0.39 is 24.2 Å². The van der Waals surface area contributed by atoms with E-state index in [2.05, 4.69) is 0 Å². The van der Waals surface area contributed by atoms with E-state index in [0.717, 1.165) is 0 Å². The molecule has 0 aliphatic carbocycles. The van der Waals surface area contributed by atoms with Gasteiger partial charge in [-0.05, 0) is 19.8 Å². The van der Waals surface area contributed by atoms with Gasteiger partial charge in [0.1, 0.15) is 6.42 Å². The molecule has 0 bridgehead atoms. The fourth-order valence-electron chi connectivity index (χ4n) is 1.92. The molecule has 0 aromatic carbocycles. The van der Waals surface area contributed by atoms with Crippen LogP contribution in [0.15, 0.2) is 0 Å². The molecule has 3 N–H and O–H groups in total. The number of nitrogens with two attached hydrogens (primary N) is 1. The van der Waals surface area contributed by atoms with Gasteiger partial charge < -0.3 is 15.7 Å². The molecule has 1 fully saturated rings. The number of hydrogen-bond donors (Lipinski definition) is 2. The van der Waals surface area contributed by atoms with Gasteiger partial charge in [0.05, 0.1) is 5.92 Å². The van der Waals surface area contributed by atoms with Gasteiger partial charge in [-0.1, -0.05) is 0 Å². The van der Waals surface area contributed by atoms with Crippen molar-refractivity contribution in [3.05, 3.63) is 0 Å². The summed E-state index contributed by atoms with van der Waals surface area (Å²) in [5.41, 5.74) is 5.18. The molecule has 90 valence electrons. The van der Waals surface area contributed by atoms with Crippen molar-refractivity contribution in [2.24, 2.45) is 11.7 Å². The molecule has 1 aliphatic rings. The Morgan fingerprint density at radius 1 is 1.38 bits per heavy atom. The fraction of sp³-hybridized carbons (Fsp3) is 0.700. The molecular formula is C10H16N2O4. The van der Waals surface area contributed by atoms with E-state index in [4.69, 9.17) is 10.8 Å². The Labute approximate surface area is 93.4 Å². The van der Waals surface area contributed by atoms with E-state index >= 15 is 0 Å². The number of piperidine rings is 1. The van der Waals surface area contributed by atoms with Gasteiger partial charge in [-0.15, -0.1) is 0 Å². The maximum atomic E-state index is 11.6. The van der Waals surface area contributed by atoms with E-state index in [9.17, 15) is 14.4 Å². The number of aliphatic carboxylic acids is 1. The maximum Gasteiger partial charge on any atom is 0.312 e. The SMILES string of the molecule is CC1CCC(C(N)=O)CN1C(=O)CC(=O)O. The lowest BCUT2D eigenvalue weighted by Crippen LogP contribution is -2.49. The second kappa shape index (κ2) is 4.96. The Bertz CT molecular complexity index is 316. The summed E-state index contributed by atoms with van der Waals surface area (Å²) in [6.45, 7) is 2.08. The molecule has 1 aliphatic heterocycles. The summed E-state index contributed by atoms with van der Waals surface area (Å²) in [5, 5.41) is 8.54. The van der Waals surface area contributed by atoms with Crippen molar-refractivity contribution in [1.82, 2.24) is 4.90 Å². The Morgan fingerprint density at radius 2 is 2.00 bits per heavy atom. The number of amides is 2. The maximum absolute atomic E-state index is 11.6. The van der Waals surface area contributed by atoms with Gasteiger partial charge >= 0.3 is 5.97 Å². The zero-order valence-corrected chi connectivity index (χ0v) is 9.18. The quantitative estimate of drug-likeness (QED) is 0.640. The normalized spacial score (nSPS) is 25.2. The van der Waals surface area contributed by atoms with Crippen molar-refractivity contribution in [1.29, 1.82) is 0 Å². The summed E-state index contributed by atoms with van der Waals surface area (Å²) in [7, 11) is 0. The van der Waals surface area contributed by atoms with Crippen LogP contribution in [0.2, 0.25) is 0 Å². The smallest absolute Gasteiger partial charge is 0.312 e. The minimum atomic E-state index is -1.15. The monoisotopic (exact) mass is 228 g/mol. The van der Waals surface area contributed by atoms with Gasteiger partial charge in [0, 0.05) is 12.6 Å². The van der Waals surface area contributed by atoms with Crippen LogP contribution in [0.4, 0.5) is 0 Å². The van der Waals surface area contributed by atoms with Crippen LogP contribution in [0.25, 0.3) is 0 Å². The van der Waals surface area contributed by atoms with Crippen molar-refractivity contribution in [3.63, 3.8) is 0 Å². The van der Waals surface area contributed by atoms with E-state index in [1.54, 1.807) is 0 Å². The lowest BCUT2D eigenvalue weighted by molar-refractivity contribution is -0.146. The summed E-state index contributed by atoms with van der Waals surface area (Å²) < 4.78 is 0. The van der Waals surface area contributed by atoms with E-state index in [1.165, 1.54) is 4.90 Å². The van der Waals surface area contributed by atoms with E-state index in [-0.39, 0.29) is 18.5 Å². The third kappa shape index (κ3) is 2.95. The largest absolute Gasteiger partial charge is 0.481 e. The Hall–Kier alpha value is -1.59. The summed E-state index contributed by atoms with van der Waals surface area (Å²) in [6, 6.07) is -0.0255. The molecule has 2 unspecified atom stereocenters. The molecule has 1 saturated heterocycles. The van der Waals surface area contributed by atoms with Gasteiger partial charge in [-0.2, -0.15) is 0 Å². The summed E-state index contributed by atoms with van der Waals surface area (Å²) >= 11 is 0. The fourth-order valence-corrected chi connectivity index (χ4v) is 1.92. The van der Waals surface area contributed by atoms with Crippen molar-refractivity contribution < 1.29 is 19.5 Å². The van der Waals surface area contributed by atoms with Crippen molar-refractivity contribution in [3.8, 4) is 0 Å². The predicted octanol–water partition coefficient (Wildman–Crippen LogP) is -0.426. The minimum Gasteiger partial charge on any atom is -0.481 e. The first-order valence-electron chi connectivity index (χ1n) is 5.22. The molecule has 0 aromatic heterocycles. The highest BCUT2D eigenvalue weighted by atomic mass is 16.4. The zero-order chi connectivity index (χ0) is 12.3. The first-order valence-corrected chi connectivity index (χ1v) is 5.22. The summed E-state index contributed by atoms with van der Waals surface area (Å²) in [4.78, 5) is 34.5. The second-order valence-electron chi connectivity index (χ2n) is 4.14. The average molecular weight is 228 g/mol. The molecule has 6 nitrogen and oxygen atoms in total. The molecule has 16 heavy (non-hydrogen) atoms. The van der Waals surface area contributed by atoms with Crippen molar-refractivity contribution in [2.45, 2.75) is 32.2 Å². The number of hydrogen-bond acceptors (Lipinski definition) is 3. The average Bonchev–Trinajstić information content (AvgIpc) is 2.16. The van der Waals surface area contributed by atoms with Crippen LogP contribution in [-0.2, 0) is 14.4 Å². The third-order valence-corrected chi connectivity index (χ3v) is 2.91. The van der Waals surface area contributed by atoms with Gasteiger partial charge in [-0.3, -0.25) is 14.4 Å². The standard InChI is InChI=1S/C10H16N2O4/c1-6-2-3-7(10(11)16)5-12(6)8(13)4-9(14)15/h6-7H,2-5H2,1H3,(H2,11,16)(H,14,15). The molecule has 0 aromatic rings. The van der Waals surface area contributed by atoms with Crippen molar-refractivity contribution in [2.75, 3.05) is 6.54 Å². The minimum absolute atomic E-state index is 0.0255. The highest BCUT2D eigenvalue weighted by molar-refractivity contribution is 5.93.